The van der Waals surface area contributed by atoms with Crippen molar-refractivity contribution in [1.82, 2.24) is 0 Å². The molecule has 0 aliphatic carbocycles. The van der Waals surface area contributed by atoms with Gasteiger partial charge in [0.05, 0.1) is 12.3 Å². The normalized spacial score (nSPS) is 10.3. The molecule has 14 heavy (non-hydrogen) atoms. The van der Waals surface area contributed by atoms with Crippen LogP contribution in [0.5, 0.6) is 0 Å². The van der Waals surface area contributed by atoms with Crippen LogP contribution in [0.1, 0.15) is 5.56 Å². The Labute approximate surface area is 81.9 Å². The van der Waals surface area contributed by atoms with Crippen molar-refractivity contribution in [2.24, 2.45) is 0 Å². The molecule has 2 nitrogen and oxygen atoms in total. The highest BCUT2D eigenvalue weighted by Crippen LogP contribution is 2.18. The molecule has 0 aliphatic heterocycles. The Bertz CT molecular complexity index is 315. The predicted octanol–water partition coefficient (Wildman–Crippen LogP) is 2.33. The number of hydrogen-bond acceptors (Lipinski definition) is 2. The van der Waals surface area contributed by atoms with Gasteiger partial charge in [-0.15, -0.1) is 0 Å². The molecule has 0 heterocycles. The first-order valence-electron chi connectivity index (χ1n) is 4.33. The lowest BCUT2D eigenvalue weighted by molar-refractivity contribution is 0.210. The Kier molecular flexibility index (Phi) is 3.83. The second-order valence-electron chi connectivity index (χ2n) is 3.00. The number of rotatable bonds is 4. The van der Waals surface area contributed by atoms with Crippen LogP contribution in [-0.2, 0) is 4.74 Å². The van der Waals surface area contributed by atoms with Crippen molar-refractivity contribution in [2.75, 3.05) is 25.6 Å². The smallest absolute Gasteiger partial charge is 0.146 e. The van der Waals surface area contributed by atoms with Gasteiger partial charge in [-0.1, -0.05) is 0 Å². The molecule has 0 fully saturated rings. The molecule has 0 saturated heterocycles. The maximum Gasteiger partial charge on any atom is 0.146 e. The lowest BCUT2D eigenvalue weighted by Gasteiger charge is -2.08. The van der Waals surface area contributed by atoms with Crippen LogP contribution in [0.3, 0.4) is 0 Å². The van der Waals surface area contributed by atoms with Crippen molar-refractivity contribution < 1.29 is 13.5 Å². The third kappa shape index (κ3) is 2.67. The zero-order chi connectivity index (χ0) is 10.6. The monoisotopic (exact) mass is 201 g/mol. The van der Waals surface area contributed by atoms with Gasteiger partial charge in [0.25, 0.3) is 0 Å². The van der Waals surface area contributed by atoms with Crippen molar-refractivity contribution >= 4 is 5.69 Å². The number of hydrogen-bond donors (Lipinski definition) is 1. The van der Waals surface area contributed by atoms with Gasteiger partial charge in [0.1, 0.15) is 11.6 Å². The SMILES string of the molecule is COCCNc1cc(F)c(C)cc1F. The van der Waals surface area contributed by atoms with Crippen molar-refractivity contribution in [3.8, 4) is 0 Å². The number of benzene rings is 1. The lowest BCUT2D eigenvalue weighted by Crippen LogP contribution is -2.09. The van der Waals surface area contributed by atoms with Gasteiger partial charge >= 0.3 is 0 Å². The number of nitrogens with one attached hydrogen (secondary N) is 1. The molecule has 0 bridgehead atoms. The van der Waals surface area contributed by atoms with E-state index in [0.29, 0.717) is 18.7 Å². The Morgan fingerprint density at radius 1 is 1.29 bits per heavy atom. The third-order valence-corrected chi connectivity index (χ3v) is 1.87. The van der Waals surface area contributed by atoms with Crippen LogP contribution in [0.4, 0.5) is 14.5 Å². The summed E-state index contributed by atoms with van der Waals surface area (Å²) in [6.07, 6.45) is 0. The summed E-state index contributed by atoms with van der Waals surface area (Å²) in [5.74, 6) is -0.855. The Morgan fingerprint density at radius 2 is 2.00 bits per heavy atom. The van der Waals surface area contributed by atoms with Crippen LogP contribution in [0.25, 0.3) is 0 Å². The van der Waals surface area contributed by atoms with E-state index in [2.05, 4.69) is 5.32 Å². The lowest BCUT2D eigenvalue weighted by atomic mass is 10.2. The molecular formula is C10H13F2NO. The standard InChI is InChI=1S/C10H13F2NO/c1-7-5-9(12)10(6-8(7)11)13-3-4-14-2/h5-6,13H,3-4H2,1-2H3. The molecule has 78 valence electrons. The molecule has 0 amide bonds. The molecule has 1 aromatic carbocycles. The number of methoxy groups -OCH3 is 1. The second-order valence-corrected chi connectivity index (χ2v) is 3.00. The molecule has 0 unspecified atom stereocenters. The average Bonchev–Trinajstić information content (AvgIpc) is 2.14. The molecule has 0 aromatic heterocycles. The highest BCUT2D eigenvalue weighted by atomic mass is 19.1. The first-order chi connectivity index (χ1) is 6.65. The van der Waals surface area contributed by atoms with Gasteiger partial charge in [-0.2, -0.15) is 0 Å². The summed E-state index contributed by atoms with van der Waals surface area (Å²) in [4.78, 5) is 0. The number of anilines is 1. The zero-order valence-corrected chi connectivity index (χ0v) is 8.23. The van der Waals surface area contributed by atoms with Gasteiger partial charge < -0.3 is 10.1 Å². The van der Waals surface area contributed by atoms with Crippen molar-refractivity contribution in [3.63, 3.8) is 0 Å². The van der Waals surface area contributed by atoms with Gasteiger partial charge in [0.15, 0.2) is 0 Å². The largest absolute Gasteiger partial charge is 0.383 e. The van der Waals surface area contributed by atoms with E-state index in [1.54, 1.807) is 7.11 Å². The number of ether oxygens (including phenoxy) is 1. The van der Waals surface area contributed by atoms with E-state index in [1.165, 1.54) is 13.0 Å². The highest BCUT2D eigenvalue weighted by Gasteiger charge is 2.05. The van der Waals surface area contributed by atoms with E-state index in [-0.39, 0.29) is 5.69 Å². The maximum atomic E-state index is 13.2. The van der Waals surface area contributed by atoms with E-state index in [0.717, 1.165) is 6.07 Å². The summed E-state index contributed by atoms with van der Waals surface area (Å²) >= 11 is 0. The minimum Gasteiger partial charge on any atom is -0.383 e. The average molecular weight is 201 g/mol. The van der Waals surface area contributed by atoms with E-state index in [1.807, 2.05) is 0 Å². The van der Waals surface area contributed by atoms with Crippen LogP contribution >= 0.6 is 0 Å². The van der Waals surface area contributed by atoms with Gasteiger partial charge in [-0.25, -0.2) is 8.78 Å². The molecule has 0 atom stereocenters. The summed E-state index contributed by atoms with van der Waals surface area (Å²) in [5.41, 5.74) is 0.477. The minimum atomic E-state index is -0.444. The summed E-state index contributed by atoms with van der Waals surface area (Å²) in [6.45, 7) is 2.43. The van der Waals surface area contributed by atoms with Gasteiger partial charge in [-0.3, -0.25) is 0 Å². The molecule has 0 saturated carbocycles. The fourth-order valence-corrected chi connectivity index (χ4v) is 1.07. The predicted molar refractivity (Wildman–Crippen MR) is 51.5 cm³/mol. The van der Waals surface area contributed by atoms with Crippen molar-refractivity contribution in [1.29, 1.82) is 0 Å². The van der Waals surface area contributed by atoms with Crippen LogP contribution < -0.4 is 5.32 Å². The quantitative estimate of drug-likeness (QED) is 0.755. The molecule has 0 aliphatic rings. The van der Waals surface area contributed by atoms with Gasteiger partial charge in [0, 0.05) is 19.7 Å². The molecule has 4 heteroatoms. The van der Waals surface area contributed by atoms with E-state index >= 15 is 0 Å². The van der Waals surface area contributed by atoms with Crippen molar-refractivity contribution in [3.05, 3.63) is 29.3 Å². The Morgan fingerprint density at radius 3 is 2.64 bits per heavy atom. The minimum absolute atomic E-state index is 0.171. The van der Waals surface area contributed by atoms with Gasteiger partial charge in [0.2, 0.25) is 0 Å². The molecule has 1 rings (SSSR count). The molecule has 0 spiro atoms. The molecule has 1 N–H and O–H groups in total. The summed E-state index contributed by atoms with van der Waals surface area (Å²) in [7, 11) is 1.55. The first-order valence-corrected chi connectivity index (χ1v) is 4.33. The Balaban J connectivity index is 2.72. The van der Waals surface area contributed by atoms with Crippen LogP contribution in [0.2, 0.25) is 0 Å². The van der Waals surface area contributed by atoms with Crippen LogP contribution in [-0.4, -0.2) is 20.3 Å². The van der Waals surface area contributed by atoms with E-state index in [4.69, 9.17) is 4.74 Å². The van der Waals surface area contributed by atoms with Crippen LogP contribution in [0, 0.1) is 18.6 Å². The molecular weight excluding hydrogens is 188 g/mol. The second kappa shape index (κ2) is 4.91. The first kappa shape index (κ1) is 10.9. The summed E-state index contributed by atoms with van der Waals surface area (Å²) < 4.78 is 31.0. The highest BCUT2D eigenvalue weighted by molar-refractivity contribution is 5.46. The fourth-order valence-electron chi connectivity index (χ4n) is 1.07. The third-order valence-electron chi connectivity index (χ3n) is 1.87. The topological polar surface area (TPSA) is 21.3 Å². The summed E-state index contributed by atoms with van der Waals surface area (Å²) in [6, 6.07) is 2.32. The van der Waals surface area contributed by atoms with Crippen LogP contribution in [0.15, 0.2) is 12.1 Å². The molecule has 1 aromatic rings. The van der Waals surface area contributed by atoms with E-state index < -0.39 is 11.6 Å². The van der Waals surface area contributed by atoms with Crippen molar-refractivity contribution in [2.45, 2.75) is 6.92 Å². The number of halogens is 2. The molecule has 0 radical (unpaired) electrons. The fraction of sp³-hybridized carbons (Fsp3) is 0.400. The summed E-state index contributed by atoms with van der Waals surface area (Å²) in [5, 5.41) is 2.74. The number of aryl methyl sites for hydroxylation is 1. The maximum absolute atomic E-state index is 13.2. The van der Waals surface area contributed by atoms with E-state index in [9.17, 15) is 8.78 Å². The van der Waals surface area contributed by atoms with Gasteiger partial charge in [-0.05, 0) is 18.6 Å². The Hall–Kier alpha value is -1.16. The zero-order valence-electron chi connectivity index (χ0n) is 8.23.